The van der Waals surface area contributed by atoms with E-state index in [9.17, 15) is 15.3 Å². The van der Waals surface area contributed by atoms with Crippen LogP contribution < -0.4 is 5.73 Å². The molecule has 28 heavy (non-hydrogen) atoms. The lowest BCUT2D eigenvalue weighted by molar-refractivity contribution is 0.0196. The molecule has 5 nitrogen and oxygen atoms in total. The number of nitrogen functional groups attached to an aromatic ring is 1. The van der Waals surface area contributed by atoms with Crippen LogP contribution in [0.1, 0.15) is 75.7 Å². The van der Waals surface area contributed by atoms with Crippen LogP contribution in [0.3, 0.4) is 0 Å². The highest BCUT2D eigenvalue weighted by Gasteiger charge is 2.26. The number of halogens is 1. The molecule has 6 heteroatoms. The van der Waals surface area contributed by atoms with E-state index >= 15 is 0 Å². The highest BCUT2D eigenvalue weighted by atomic mass is 127. The smallest absolute Gasteiger partial charge is 0.181 e. The number of alkyl halides is 1. The largest absolute Gasteiger partial charge is 0.504 e. The minimum Gasteiger partial charge on any atom is -0.504 e. The molecule has 2 fully saturated rings. The Labute approximate surface area is 182 Å². The Balaban J connectivity index is 0.00000136. The van der Waals surface area contributed by atoms with Gasteiger partial charge in [0.2, 0.25) is 0 Å². The fourth-order valence-corrected chi connectivity index (χ4v) is 4.56. The topological polar surface area (TPSA) is 95.9 Å². The van der Waals surface area contributed by atoms with Gasteiger partial charge in [-0.2, -0.15) is 0 Å². The molecule has 0 unspecified atom stereocenters. The second kappa shape index (κ2) is 12.1. The molecule has 0 saturated heterocycles. The van der Waals surface area contributed by atoms with Crippen LogP contribution in [0.2, 0.25) is 0 Å². The van der Waals surface area contributed by atoms with Gasteiger partial charge in [0, 0.05) is 6.61 Å². The SMILES string of the molecule is CI.Nc1c(C2CCC(OCCCC3CCC(O)CC3)CC2)ccc(O)c1O. The lowest BCUT2D eigenvalue weighted by atomic mass is 9.82. The molecule has 2 aliphatic carbocycles. The van der Waals surface area contributed by atoms with Gasteiger partial charge in [0.15, 0.2) is 11.5 Å². The first-order valence-electron chi connectivity index (χ1n) is 10.5. The molecule has 2 saturated carbocycles. The Kier molecular flexibility index (Phi) is 10.2. The minimum atomic E-state index is -0.198. The van der Waals surface area contributed by atoms with E-state index in [4.69, 9.17) is 10.5 Å². The van der Waals surface area contributed by atoms with Crippen molar-refractivity contribution in [3.63, 3.8) is 0 Å². The van der Waals surface area contributed by atoms with Crippen molar-refractivity contribution in [2.45, 2.75) is 82.3 Å². The molecule has 0 aliphatic heterocycles. The molecule has 2 aliphatic rings. The van der Waals surface area contributed by atoms with Crippen LogP contribution >= 0.6 is 22.6 Å². The molecular formula is C22H36INO4. The summed E-state index contributed by atoms with van der Waals surface area (Å²) in [5, 5.41) is 28.9. The van der Waals surface area contributed by atoms with Crippen LogP contribution in [-0.2, 0) is 4.74 Å². The number of phenolic OH excluding ortho intramolecular Hbond substituents is 2. The van der Waals surface area contributed by atoms with Crippen LogP contribution in [0, 0.1) is 5.92 Å². The fraction of sp³-hybridized carbons (Fsp3) is 0.727. The average molecular weight is 505 g/mol. The standard InChI is InChI=1S/C21H33NO4.CH3I/c22-20-18(11-12-19(24)21(20)25)15-5-9-17(10-6-15)26-13-1-2-14-3-7-16(23)8-4-14;1-2/h11-12,14-17,23-25H,1-10,13,22H2;1H3. The third-order valence-electron chi connectivity index (χ3n) is 6.27. The summed E-state index contributed by atoms with van der Waals surface area (Å²) >= 11 is 2.15. The molecule has 1 aromatic rings. The normalized spacial score (nSPS) is 27.7. The maximum atomic E-state index is 9.82. The first-order chi connectivity index (χ1) is 13.5. The maximum Gasteiger partial charge on any atom is 0.181 e. The Morgan fingerprint density at radius 3 is 2.29 bits per heavy atom. The molecule has 0 heterocycles. The zero-order valence-corrected chi connectivity index (χ0v) is 19.1. The number of aliphatic hydroxyl groups is 1. The van der Waals surface area contributed by atoms with Crippen LogP contribution in [-0.4, -0.2) is 39.1 Å². The van der Waals surface area contributed by atoms with E-state index in [0.717, 1.165) is 75.9 Å². The second-order valence-corrected chi connectivity index (χ2v) is 8.10. The number of aromatic hydroxyl groups is 2. The molecule has 1 aromatic carbocycles. The van der Waals surface area contributed by atoms with Gasteiger partial charge in [0.05, 0.1) is 17.9 Å². The van der Waals surface area contributed by atoms with Crippen LogP contribution in [0.15, 0.2) is 12.1 Å². The molecule has 0 radical (unpaired) electrons. The quantitative estimate of drug-likeness (QED) is 0.142. The lowest BCUT2D eigenvalue weighted by Gasteiger charge is -2.30. The van der Waals surface area contributed by atoms with Gasteiger partial charge in [-0.25, -0.2) is 0 Å². The highest BCUT2D eigenvalue weighted by Crippen LogP contribution is 2.42. The van der Waals surface area contributed by atoms with Gasteiger partial charge >= 0.3 is 0 Å². The van der Waals surface area contributed by atoms with Crippen molar-refractivity contribution in [2.75, 3.05) is 17.3 Å². The molecule has 0 amide bonds. The van der Waals surface area contributed by atoms with Crippen LogP contribution in [0.4, 0.5) is 5.69 Å². The van der Waals surface area contributed by atoms with Gasteiger partial charge < -0.3 is 25.8 Å². The molecule has 0 spiro atoms. The number of rotatable bonds is 6. The number of hydrogen-bond acceptors (Lipinski definition) is 5. The Morgan fingerprint density at radius 2 is 1.64 bits per heavy atom. The summed E-state index contributed by atoms with van der Waals surface area (Å²) in [6, 6.07) is 3.35. The van der Waals surface area contributed by atoms with E-state index < -0.39 is 0 Å². The van der Waals surface area contributed by atoms with E-state index in [-0.39, 0.29) is 17.6 Å². The van der Waals surface area contributed by atoms with Crippen LogP contribution in [0.25, 0.3) is 0 Å². The van der Waals surface area contributed by atoms with Crippen molar-refractivity contribution in [2.24, 2.45) is 5.92 Å². The molecule has 3 rings (SSSR count). The van der Waals surface area contributed by atoms with E-state index in [2.05, 4.69) is 22.6 Å². The predicted octanol–water partition coefficient (Wildman–Crippen LogP) is 5.11. The minimum absolute atomic E-state index is 0.0674. The molecule has 0 aromatic heterocycles. The molecule has 160 valence electrons. The van der Waals surface area contributed by atoms with Gasteiger partial charge in [-0.1, -0.05) is 28.7 Å². The van der Waals surface area contributed by atoms with Gasteiger partial charge in [0.1, 0.15) is 0 Å². The second-order valence-electron chi connectivity index (χ2n) is 8.10. The van der Waals surface area contributed by atoms with E-state index in [1.165, 1.54) is 12.5 Å². The summed E-state index contributed by atoms with van der Waals surface area (Å²) in [6.45, 7) is 0.830. The molecule has 5 N–H and O–H groups in total. The van der Waals surface area contributed by atoms with Crippen LogP contribution in [0.5, 0.6) is 11.5 Å². The van der Waals surface area contributed by atoms with Crippen molar-refractivity contribution in [1.29, 1.82) is 0 Å². The third kappa shape index (κ3) is 6.66. The molecular weight excluding hydrogens is 469 g/mol. The summed E-state index contributed by atoms with van der Waals surface area (Å²) in [6.07, 6.45) is 10.9. The van der Waals surface area contributed by atoms with E-state index in [1.807, 2.05) is 11.0 Å². The summed E-state index contributed by atoms with van der Waals surface area (Å²) in [4.78, 5) is 1.97. The van der Waals surface area contributed by atoms with Gasteiger partial charge in [0.25, 0.3) is 0 Å². The average Bonchev–Trinajstić information content (AvgIpc) is 2.73. The molecule has 0 atom stereocenters. The van der Waals surface area contributed by atoms with Crippen molar-refractivity contribution >= 4 is 28.3 Å². The first kappa shape index (κ1) is 23.5. The monoisotopic (exact) mass is 505 g/mol. The Morgan fingerprint density at radius 1 is 1.00 bits per heavy atom. The zero-order valence-electron chi connectivity index (χ0n) is 16.9. The van der Waals surface area contributed by atoms with Gasteiger partial charge in [-0.3, -0.25) is 0 Å². The number of hydrogen-bond donors (Lipinski definition) is 4. The lowest BCUT2D eigenvalue weighted by Crippen LogP contribution is -2.22. The van der Waals surface area contributed by atoms with Gasteiger partial charge in [-0.15, -0.1) is 0 Å². The van der Waals surface area contributed by atoms with E-state index in [0.29, 0.717) is 17.7 Å². The molecule has 0 bridgehead atoms. The summed E-state index contributed by atoms with van der Waals surface area (Å²) in [5.41, 5.74) is 7.22. The first-order valence-corrected chi connectivity index (χ1v) is 12.7. The van der Waals surface area contributed by atoms with Crippen molar-refractivity contribution in [1.82, 2.24) is 0 Å². The van der Waals surface area contributed by atoms with Gasteiger partial charge in [-0.05, 0) is 92.6 Å². The van der Waals surface area contributed by atoms with Crippen molar-refractivity contribution < 1.29 is 20.1 Å². The van der Waals surface area contributed by atoms with E-state index in [1.54, 1.807) is 0 Å². The number of anilines is 1. The number of benzene rings is 1. The third-order valence-corrected chi connectivity index (χ3v) is 6.27. The summed E-state index contributed by atoms with van der Waals surface area (Å²) < 4.78 is 6.08. The number of nitrogens with two attached hydrogens (primary N) is 1. The predicted molar refractivity (Wildman–Crippen MR) is 122 cm³/mol. The zero-order chi connectivity index (χ0) is 20.5. The van der Waals surface area contributed by atoms with Crippen molar-refractivity contribution in [3.8, 4) is 11.5 Å². The summed E-state index contributed by atoms with van der Waals surface area (Å²) in [7, 11) is 0. The summed E-state index contributed by atoms with van der Waals surface area (Å²) in [5.74, 6) is 0.741. The Bertz CT molecular complexity index is 582. The fourth-order valence-electron chi connectivity index (χ4n) is 4.56. The highest BCUT2D eigenvalue weighted by molar-refractivity contribution is 14.1. The Hall–Kier alpha value is -0.730. The number of phenols is 2. The maximum absolute atomic E-state index is 9.82. The van der Waals surface area contributed by atoms with Crippen molar-refractivity contribution in [3.05, 3.63) is 17.7 Å². The number of aliphatic hydroxyl groups excluding tert-OH is 1. The number of ether oxygens (including phenoxy) is 1.